The Balaban J connectivity index is 0.000000125. The number of para-hydroxylation sites is 2. The van der Waals surface area contributed by atoms with E-state index in [4.69, 9.17) is 41.5 Å². The summed E-state index contributed by atoms with van der Waals surface area (Å²) >= 11 is 0. The predicted octanol–water partition coefficient (Wildman–Crippen LogP) is 31.4. The lowest BCUT2D eigenvalue weighted by Crippen LogP contribution is -2.75. The van der Waals surface area contributed by atoms with Gasteiger partial charge in [-0.2, -0.15) is 0 Å². The van der Waals surface area contributed by atoms with Gasteiger partial charge in [0.25, 0.3) is 0 Å². The molecular formula is C132H87N7Si. The highest BCUT2D eigenvalue weighted by Gasteiger charge is 2.45. The summed E-state index contributed by atoms with van der Waals surface area (Å²) in [6, 6.07) is 100. The van der Waals surface area contributed by atoms with Crippen molar-refractivity contribution >= 4 is 169 Å². The van der Waals surface area contributed by atoms with Gasteiger partial charge in [-0.05, 0) is 202 Å². The van der Waals surface area contributed by atoms with E-state index >= 15 is 0 Å². The van der Waals surface area contributed by atoms with Gasteiger partial charge in [0, 0.05) is 72.9 Å². The first-order valence-electron chi connectivity index (χ1n) is 60.5. The van der Waals surface area contributed by atoms with Crippen molar-refractivity contribution < 1.29 is 41.1 Å². The molecule has 0 bridgehead atoms. The Kier molecular flexibility index (Phi) is 14.1. The van der Waals surface area contributed by atoms with E-state index in [1.54, 1.807) is 44.0 Å². The molecule has 5 aromatic heterocycles. The third-order valence-electron chi connectivity index (χ3n) is 26.4. The fourth-order valence-corrected chi connectivity index (χ4v) is 26.0. The standard InChI is InChI=1S/C48H30N4.C46H32Si.C38H25N3/c1-3-18-33(19-4-1)51-45-41-28-13-9-24-37(41)35-22-7-11-26-39(35)43(45)49-47(51)31-16-15-17-32(30-31)48-50-44-40-27-12-8-23-36(40)38-25-10-14-29-42(38)46(44)52(48)34-20-5-2-6-21-34;1-4-19-37(20-5-1)47(38-21-6-2-7-22-38,39-23-8-3-9-24-39)46-42-27-15-14-26-41(42)44(36-29-28-33-16-10-11-18-35(33)32-36)45-40-25-13-12-17-34(40)30-31-43(45)46;1-2-12-26(13-3-1)27-20-22-28(23-21-27)41-37(33-18-8-10-24-39-33)35-31-16-6-4-14-29(31)30-15-5-7-17-32(30)36(35)38(41)34-19-9-11-25-40-34/h1-30H;1-32H;1-25H/i1D,2D,3D,4D,5D,6D,18D,19D,20D,21D;10D,11D,16D,18D,28D,29D,32D;1D,2D,3D,8D,9D,10D,11D,12D,13D,18D,19D,24D,25D. The number of aromatic nitrogens is 7. The van der Waals surface area contributed by atoms with Gasteiger partial charge in [-0.3, -0.25) is 19.1 Å². The Bertz CT molecular complexity index is 11100. The zero-order valence-corrected chi connectivity index (χ0v) is 75.0. The third kappa shape index (κ3) is 13.7. The molecule has 7 nitrogen and oxygen atoms in total. The van der Waals surface area contributed by atoms with Crippen molar-refractivity contribution in [2.45, 2.75) is 0 Å². The van der Waals surface area contributed by atoms with Gasteiger partial charge in [-0.15, -0.1) is 0 Å². The van der Waals surface area contributed by atoms with Crippen LogP contribution in [0.3, 0.4) is 0 Å². The second-order valence-electron chi connectivity index (χ2n) is 33.8. The second kappa shape index (κ2) is 34.8. The van der Waals surface area contributed by atoms with Crippen molar-refractivity contribution in [1.29, 1.82) is 0 Å². The molecule has 0 unspecified atom stereocenters. The fourth-order valence-electron chi connectivity index (χ4n) is 20.8. The highest BCUT2D eigenvalue weighted by Crippen LogP contribution is 2.50. The normalized spacial score (nSPS) is 14.7. The molecule has 23 aromatic carbocycles. The number of nitrogens with zero attached hydrogens (tertiary/aromatic N) is 7. The summed E-state index contributed by atoms with van der Waals surface area (Å²) in [7, 11) is -3.18. The molecular weight excluding hydrogens is 1710 g/mol. The summed E-state index contributed by atoms with van der Waals surface area (Å²) in [6.07, 6.45) is -1.09. The fraction of sp³-hybridized carbons (Fsp3) is 0. The minimum Gasteiger partial charge on any atom is -0.305 e. The number of imidazole rings is 2. The highest BCUT2D eigenvalue weighted by molar-refractivity contribution is 7.21. The van der Waals surface area contributed by atoms with Crippen LogP contribution in [-0.4, -0.2) is 41.7 Å². The molecule has 654 valence electrons. The molecule has 0 amide bonds. The van der Waals surface area contributed by atoms with Gasteiger partial charge in [-0.1, -0.05) is 442 Å². The molecule has 28 rings (SSSR count). The molecule has 0 spiro atoms. The Morgan fingerprint density at radius 2 is 0.614 bits per heavy atom. The second-order valence-corrected chi connectivity index (χ2v) is 37.5. The zero-order chi connectivity index (χ0) is 119. The van der Waals surface area contributed by atoms with Crippen LogP contribution in [0.25, 0.3) is 225 Å². The molecule has 0 aliphatic carbocycles. The van der Waals surface area contributed by atoms with E-state index in [2.05, 4.69) is 113 Å². The molecule has 0 fully saturated rings. The Labute approximate surface area is 852 Å². The molecule has 5 heterocycles. The van der Waals surface area contributed by atoms with Crippen LogP contribution in [0.5, 0.6) is 0 Å². The summed E-state index contributed by atoms with van der Waals surface area (Å²) in [5.41, 5.74) is 4.64. The highest BCUT2D eigenvalue weighted by atomic mass is 28.3. The molecule has 0 radical (unpaired) electrons. The van der Waals surface area contributed by atoms with Crippen LogP contribution in [-0.2, 0) is 0 Å². The third-order valence-corrected chi connectivity index (χ3v) is 31.3. The van der Waals surface area contributed by atoms with Gasteiger partial charge in [0.1, 0.15) is 11.6 Å². The van der Waals surface area contributed by atoms with Crippen molar-refractivity contribution in [2.24, 2.45) is 0 Å². The summed E-state index contributed by atoms with van der Waals surface area (Å²) < 4.78 is 267. The van der Waals surface area contributed by atoms with E-state index < -0.39 is 165 Å². The van der Waals surface area contributed by atoms with E-state index in [1.807, 2.05) is 212 Å². The molecule has 0 saturated heterocycles. The molecule has 0 aliphatic heterocycles. The van der Waals surface area contributed by atoms with Gasteiger partial charge in [0.15, 0.2) is 8.07 Å². The van der Waals surface area contributed by atoms with Crippen molar-refractivity contribution in [2.75, 3.05) is 0 Å². The van der Waals surface area contributed by atoms with Gasteiger partial charge < -0.3 is 4.57 Å². The zero-order valence-electron chi connectivity index (χ0n) is 104. The summed E-state index contributed by atoms with van der Waals surface area (Å²) in [6.45, 7) is 0. The Morgan fingerprint density at radius 3 is 1.11 bits per heavy atom. The summed E-state index contributed by atoms with van der Waals surface area (Å²) in [4.78, 5) is 19.3. The molecule has 8 heteroatoms. The van der Waals surface area contributed by atoms with Gasteiger partial charge in [0.2, 0.25) is 0 Å². The van der Waals surface area contributed by atoms with Crippen LogP contribution in [0.1, 0.15) is 41.1 Å². The van der Waals surface area contributed by atoms with Gasteiger partial charge >= 0.3 is 0 Å². The predicted molar refractivity (Wildman–Crippen MR) is 592 cm³/mol. The maximum absolute atomic E-state index is 9.72. The minimum absolute atomic E-state index is 0.0275. The van der Waals surface area contributed by atoms with Crippen LogP contribution in [0.2, 0.25) is 0 Å². The number of rotatable bonds is 13. The van der Waals surface area contributed by atoms with Crippen LogP contribution >= 0.6 is 0 Å². The lowest BCUT2D eigenvalue weighted by molar-refractivity contribution is 1.07. The van der Waals surface area contributed by atoms with Crippen molar-refractivity contribution in [3.05, 3.63) is 527 Å². The van der Waals surface area contributed by atoms with Gasteiger partial charge in [0.05, 0.1) is 86.0 Å². The van der Waals surface area contributed by atoms with E-state index in [0.29, 0.717) is 83.2 Å². The van der Waals surface area contributed by atoms with E-state index in [0.717, 1.165) is 91.4 Å². The Morgan fingerprint density at radius 1 is 0.221 bits per heavy atom. The van der Waals surface area contributed by atoms with Crippen molar-refractivity contribution in [1.82, 2.24) is 33.6 Å². The molecule has 0 aliphatic rings. The quantitative estimate of drug-likeness (QED) is 0.0499. The monoisotopic (exact) mass is 1830 g/mol. The van der Waals surface area contributed by atoms with E-state index in [-0.39, 0.29) is 80.2 Å². The summed E-state index contributed by atoms with van der Waals surface area (Å²) in [5.74, 6) is 0.589. The average molecular weight is 1830 g/mol. The summed E-state index contributed by atoms with van der Waals surface area (Å²) in [5, 5.41) is 20.8. The van der Waals surface area contributed by atoms with Crippen LogP contribution in [0.15, 0.2) is 527 Å². The number of pyridine rings is 2. The van der Waals surface area contributed by atoms with Crippen molar-refractivity contribution in [3.63, 3.8) is 0 Å². The molecule has 0 saturated carbocycles. The average Bonchev–Trinajstić information content (AvgIpc) is 0.827. The number of fused-ring (bicyclic) bond motifs is 23. The Hall–Kier alpha value is -18.3. The van der Waals surface area contributed by atoms with Crippen LogP contribution in [0, 0.1) is 0 Å². The topological polar surface area (TPSA) is 66.3 Å². The van der Waals surface area contributed by atoms with E-state index in [9.17, 15) is 9.60 Å². The maximum Gasteiger partial charge on any atom is 0.180 e. The van der Waals surface area contributed by atoms with Crippen LogP contribution in [0.4, 0.5) is 0 Å². The lowest BCUT2D eigenvalue weighted by atomic mass is 9.88. The smallest absolute Gasteiger partial charge is 0.180 e. The maximum atomic E-state index is 9.72. The largest absolute Gasteiger partial charge is 0.305 e. The van der Waals surface area contributed by atoms with E-state index in [1.165, 1.54) is 15.6 Å². The van der Waals surface area contributed by atoms with Crippen LogP contribution < -0.4 is 20.7 Å². The van der Waals surface area contributed by atoms with Crippen molar-refractivity contribution in [3.8, 4) is 84.9 Å². The van der Waals surface area contributed by atoms with Gasteiger partial charge in [-0.25, -0.2) is 9.97 Å². The molecule has 0 N–H and O–H groups in total. The first-order chi connectivity index (χ1) is 82.0. The number of hydrogen-bond acceptors (Lipinski definition) is 4. The SMILES string of the molecule is [2H]c1c([2H])c([2H])c(-n2c(-c3cccc(-c4nc5c6ccccc6c6ccccc6c5n4-c4c([2H])c([2H])c([2H])c([2H])c4[2H])c3)nc3c4ccccc4c4ccccc4c32)c([2H])c1[2H].[2H]c1c([2H])c([2H])c2c([2H])c(-c3c4ccccc4c([Si](c4ccccc4)(c4ccccc4)c4ccccc4)c4ccc5ccccc5c34)c([2H])c([2H])c2c1[2H].[2H]c1nc(-c2c3c4ccccc4c4ccccc4c3c(-c3nc([2H])c([2H])c([2H])c3[2H])n2-c2ccc(-c3c([2H])c([2H])c([2H])c([2H])c3[2H])cc2)c([2H])c([2H])c1[2H]. The molecule has 0 atom stereocenters. The first kappa shape index (κ1) is 56.8. The lowest BCUT2D eigenvalue weighted by Gasteiger charge is -2.37. The number of hydrogen-bond donors (Lipinski definition) is 0. The number of benzene rings is 23. The minimum atomic E-state index is -3.18. The first-order valence-corrected chi connectivity index (χ1v) is 47.5. The molecule has 140 heavy (non-hydrogen) atoms. The molecule has 28 aromatic rings.